The lowest BCUT2D eigenvalue weighted by Gasteiger charge is -2.63. The Hall–Kier alpha value is -1.40. The average molecular weight is 514 g/mol. The molecule has 2 saturated heterocycles. The van der Waals surface area contributed by atoms with Crippen LogP contribution in [0.3, 0.4) is 0 Å². The summed E-state index contributed by atoms with van der Waals surface area (Å²) in [5.41, 5.74) is -0.0525. The molecule has 206 valence electrons. The van der Waals surface area contributed by atoms with E-state index in [2.05, 4.69) is 38.7 Å². The second-order valence-corrected chi connectivity index (χ2v) is 14.2. The van der Waals surface area contributed by atoms with Gasteiger partial charge in [0, 0.05) is 38.1 Å². The predicted octanol–water partition coefficient (Wildman–Crippen LogP) is 5.23. The Labute approximate surface area is 222 Å². The van der Waals surface area contributed by atoms with Crippen molar-refractivity contribution in [1.82, 2.24) is 4.90 Å². The molecule has 5 fully saturated rings. The second kappa shape index (κ2) is 8.30. The number of fused-ring (bicyclic) bond motifs is 7. The number of allylic oxidation sites excluding steroid dienone is 1. The molecule has 3 unspecified atom stereocenters. The number of amides is 1. The lowest BCUT2D eigenvalue weighted by molar-refractivity contribution is -0.210. The third-order valence-electron chi connectivity index (χ3n) is 12.6. The largest absolute Gasteiger partial charge is 0.462 e. The van der Waals surface area contributed by atoms with E-state index in [4.69, 9.17) is 9.47 Å². The van der Waals surface area contributed by atoms with Crippen LogP contribution >= 0.6 is 0 Å². The number of carbonyl (C=O) groups excluding carboxylic acids is 2. The van der Waals surface area contributed by atoms with Crippen LogP contribution in [0.5, 0.6) is 0 Å². The Morgan fingerprint density at radius 2 is 1.84 bits per heavy atom. The molecule has 0 aromatic rings. The molecule has 11 atom stereocenters. The normalized spacial score (nSPS) is 52.6. The number of carbonyl (C=O) groups is 2. The number of likely N-dealkylation sites (tertiary alicyclic amines) is 1. The third-order valence-corrected chi connectivity index (χ3v) is 12.6. The molecule has 2 aliphatic heterocycles. The number of rotatable bonds is 1. The number of esters is 1. The monoisotopic (exact) mass is 513 g/mol. The van der Waals surface area contributed by atoms with Crippen molar-refractivity contribution < 1.29 is 24.2 Å². The summed E-state index contributed by atoms with van der Waals surface area (Å²) >= 11 is 0. The first kappa shape index (κ1) is 25.9. The van der Waals surface area contributed by atoms with Crippen LogP contribution in [-0.4, -0.2) is 52.0 Å². The maximum absolute atomic E-state index is 12.8. The zero-order valence-electron chi connectivity index (χ0n) is 23.7. The average Bonchev–Trinajstić information content (AvgIpc) is 3.27. The lowest BCUT2D eigenvalue weighted by atomic mass is 9.44. The first-order chi connectivity index (χ1) is 17.4. The first-order valence-corrected chi connectivity index (χ1v) is 14.9. The van der Waals surface area contributed by atoms with Gasteiger partial charge in [-0.25, -0.2) is 0 Å². The van der Waals surface area contributed by atoms with E-state index in [0.717, 1.165) is 64.3 Å². The van der Waals surface area contributed by atoms with Crippen molar-refractivity contribution in [3.63, 3.8) is 0 Å². The van der Waals surface area contributed by atoms with Crippen LogP contribution in [0.25, 0.3) is 0 Å². The molecule has 0 bridgehead atoms. The molecule has 0 aromatic carbocycles. The summed E-state index contributed by atoms with van der Waals surface area (Å²) in [5, 5.41) is 12.5. The van der Waals surface area contributed by atoms with Gasteiger partial charge >= 0.3 is 5.97 Å². The predicted molar refractivity (Wildman–Crippen MR) is 140 cm³/mol. The summed E-state index contributed by atoms with van der Waals surface area (Å²) in [4.78, 5) is 26.4. The molecule has 6 aliphatic rings. The molecule has 2 heterocycles. The molecule has 37 heavy (non-hydrogen) atoms. The highest BCUT2D eigenvalue weighted by Gasteiger charge is 2.72. The minimum atomic E-state index is -0.728. The van der Waals surface area contributed by atoms with Crippen molar-refractivity contribution in [2.45, 2.75) is 123 Å². The minimum absolute atomic E-state index is 0.0652. The van der Waals surface area contributed by atoms with Crippen LogP contribution in [0.2, 0.25) is 0 Å². The van der Waals surface area contributed by atoms with Crippen LogP contribution in [0.1, 0.15) is 99.3 Å². The van der Waals surface area contributed by atoms with Gasteiger partial charge in [0.05, 0.1) is 11.7 Å². The highest BCUT2D eigenvalue weighted by molar-refractivity contribution is 5.74. The van der Waals surface area contributed by atoms with Gasteiger partial charge in [-0.05, 0) is 80.5 Å². The van der Waals surface area contributed by atoms with Gasteiger partial charge in [0.15, 0.2) is 0 Å². The van der Waals surface area contributed by atoms with Crippen LogP contribution in [0.4, 0.5) is 0 Å². The van der Waals surface area contributed by atoms with Crippen molar-refractivity contribution in [2.24, 2.45) is 40.4 Å². The van der Waals surface area contributed by atoms with Gasteiger partial charge < -0.3 is 19.5 Å². The van der Waals surface area contributed by atoms with E-state index < -0.39 is 11.3 Å². The maximum Gasteiger partial charge on any atom is 0.302 e. The van der Waals surface area contributed by atoms with Gasteiger partial charge in [0.1, 0.15) is 11.8 Å². The second-order valence-electron chi connectivity index (χ2n) is 14.2. The number of aliphatic hydroxyl groups is 1. The Morgan fingerprint density at radius 1 is 1.08 bits per heavy atom. The van der Waals surface area contributed by atoms with E-state index in [1.807, 2.05) is 0 Å². The van der Waals surface area contributed by atoms with Crippen molar-refractivity contribution in [1.29, 1.82) is 0 Å². The highest BCUT2D eigenvalue weighted by Crippen LogP contribution is 2.71. The standard InChI is InChI=1S/C31H47NO5/c1-18-9-12-31(32(17-18)20(3)33)19(2)27-26(37-31)16-25-24-8-7-22-15-23(36-21(4)34)10-11-29(22,6)30(24,35)14-13-28(25,27)5/h7,18-19,23-27,35H,8-17H2,1-6H3/t18?,19-,23?,24-,25-,26-,27-,28-,29-,30+,31?/m0/s1. The molecule has 0 radical (unpaired) electrons. The lowest BCUT2D eigenvalue weighted by Crippen LogP contribution is -2.64. The first-order valence-electron chi connectivity index (χ1n) is 14.9. The number of ether oxygens (including phenoxy) is 2. The summed E-state index contributed by atoms with van der Waals surface area (Å²) in [6, 6.07) is 0. The molecular formula is C31H47NO5. The summed E-state index contributed by atoms with van der Waals surface area (Å²) in [7, 11) is 0. The summed E-state index contributed by atoms with van der Waals surface area (Å²) in [5.74, 6) is 1.78. The number of nitrogens with zero attached hydrogens (tertiary/aromatic N) is 1. The van der Waals surface area contributed by atoms with E-state index in [-0.39, 0.29) is 40.8 Å². The van der Waals surface area contributed by atoms with Gasteiger partial charge in [-0.1, -0.05) is 39.3 Å². The Balaban J connectivity index is 1.29. The van der Waals surface area contributed by atoms with Crippen LogP contribution in [0.15, 0.2) is 11.6 Å². The molecule has 6 heteroatoms. The maximum atomic E-state index is 12.8. The van der Waals surface area contributed by atoms with Crippen molar-refractivity contribution in [3.05, 3.63) is 11.6 Å². The molecule has 0 aromatic heterocycles. The van der Waals surface area contributed by atoms with E-state index in [1.165, 1.54) is 12.5 Å². The van der Waals surface area contributed by atoms with Crippen LogP contribution in [0, 0.1) is 40.4 Å². The summed E-state index contributed by atoms with van der Waals surface area (Å²) < 4.78 is 12.6. The molecule has 3 saturated carbocycles. The number of piperidine rings is 1. The van der Waals surface area contributed by atoms with E-state index in [9.17, 15) is 14.7 Å². The van der Waals surface area contributed by atoms with Gasteiger partial charge in [0.25, 0.3) is 0 Å². The number of hydrogen-bond acceptors (Lipinski definition) is 5. The summed E-state index contributed by atoms with van der Waals surface area (Å²) in [6.45, 7) is 13.3. The fourth-order valence-electron chi connectivity index (χ4n) is 10.7. The topological polar surface area (TPSA) is 76.1 Å². The molecule has 1 amide bonds. The van der Waals surface area contributed by atoms with Crippen LogP contribution < -0.4 is 0 Å². The Morgan fingerprint density at radius 3 is 2.54 bits per heavy atom. The Kier molecular flexibility index (Phi) is 5.80. The quantitative estimate of drug-likeness (QED) is 0.384. The molecule has 6 nitrogen and oxygen atoms in total. The van der Waals surface area contributed by atoms with E-state index >= 15 is 0 Å². The van der Waals surface area contributed by atoms with E-state index in [0.29, 0.717) is 23.7 Å². The fraction of sp³-hybridized carbons (Fsp3) is 0.871. The zero-order chi connectivity index (χ0) is 26.5. The van der Waals surface area contributed by atoms with Gasteiger partial charge in [-0.3, -0.25) is 9.59 Å². The molecule has 1 N–H and O–H groups in total. The highest BCUT2D eigenvalue weighted by atomic mass is 16.5. The Bertz CT molecular complexity index is 1030. The fourth-order valence-corrected chi connectivity index (χ4v) is 10.7. The smallest absolute Gasteiger partial charge is 0.302 e. The number of hydrogen-bond donors (Lipinski definition) is 1. The van der Waals surface area contributed by atoms with Gasteiger partial charge in [0.2, 0.25) is 5.91 Å². The third kappa shape index (κ3) is 3.36. The molecule has 1 spiro atoms. The zero-order valence-corrected chi connectivity index (χ0v) is 23.7. The minimum Gasteiger partial charge on any atom is -0.462 e. The van der Waals surface area contributed by atoms with Gasteiger partial charge in [-0.15, -0.1) is 0 Å². The van der Waals surface area contributed by atoms with E-state index in [1.54, 1.807) is 6.92 Å². The molecular weight excluding hydrogens is 466 g/mol. The van der Waals surface area contributed by atoms with Crippen molar-refractivity contribution in [3.8, 4) is 0 Å². The molecule has 6 rings (SSSR count). The van der Waals surface area contributed by atoms with Crippen molar-refractivity contribution >= 4 is 11.9 Å². The van der Waals surface area contributed by atoms with Crippen molar-refractivity contribution in [2.75, 3.05) is 6.54 Å². The molecule has 4 aliphatic carbocycles. The SMILES string of the molecule is CC(=O)OC1CC[C@@]2(C)C(=CC[C@H]3[C@@H]4C[C@@H]5OC6(CCC(C)CN6C(C)=O)[C@@H](C)[C@@H]5[C@@]4(C)CC[C@@]32O)C1. The van der Waals surface area contributed by atoms with Gasteiger partial charge in [-0.2, -0.15) is 0 Å². The van der Waals surface area contributed by atoms with Crippen LogP contribution in [-0.2, 0) is 19.1 Å². The summed E-state index contributed by atoms with van der Waals surface area (Å²) in [6.07, 6.45) is 10.6.